The van der Waals surface area contributed by atoms with Crippen molar-refractivity contribution in [1.82, 2.24) is 10.2 Å². The molecule has 0 spiro atoms. The van der Waals surface area contributed by atoms with Crippen LogP contribution in [0.1, 0.15) is 6.92 Å². The first-order valence-electron chi connectivity index (χ1n) is 7.99. The molecule has 3 N–H and O–H groups in total. The van der Waals surface area contributed by atoms with Crippen LogP contribution in [0.25, 0.3) is 0 Å². The summed E-state index contributed by atoms with van der Waals surface area (Å²) in [4.78, 5) is 47.5. The van der Waals surface area contributed by atoms with Gasteiger partial charge in [0.05, 0.1) is 7.11 Å². The summed E-state index contributed by atoms with van der Waals surface area (Å²) in [5, 5.41) is 6.43. The highest BCUT2D eigenvalue weighted by molar-refractivity contribution is 8.14. The molecule has 3 atom stereocenters. The molecule has 0 saturated carbocycles. The molecule has 27 heavy (non-hydrogen) atoms. The van der Waals surface area contributed by atoms with E-state index in [9.17, 15) is 14.4 Å². The van der Waals surface area contributed by atoms with Gasteiger partial charge in [0.15, 0.2) is 10.9 Å². The summed E-state index contributed by atoms with van der Waals surface area (Å²) in [6, 6.07) is -1.30. The van der Waals surface area contributed by atoms with E-state index in [0.29, 0.717) is 16.7 Å². The highest BCUT2D eigenvalue weighted by atomic mass is 32.2. The molecule has 0 radical (unpaired) electrons. The number of amides is 2. The number of carbonyl (C=O) groups excluding carboxylic acids is 3. The van der Waals surface area contributed by atoms with Crippen LogP contribution in [0.2, 0.25) is 0 Å². The summed E-state index contributed by atoms with van der Waals surface area (Å²) in [6.45, 7) is 1.78. The van der Waals surface area contributed by atoms with Crippen molar-refractivity contribution in [3.05, 3.63) is 11.3 Å². The first-order chi connectivity index (χ1) is 12.9. The highest BCUT2D eigenvalue weighted by Crippen LogP contribution is 2.40. The number of nitrogens with one attached hydrogen (secondary N) is 1. The molecule has 1 saturated heterocycles. The molecule has 146 valence electrons. The lowest BCUT2D eigenvalue weighted by atomic mass is 10.0. The highest BCUT2D eigenvalue weighted by Gasteiger charge is 2.54. The van der Waals surface area contributed by atoms with Crippen molar-refractivity contribution < 1.29 is 24.0 Å². The second kappa shape index (κ2) is 7.80. The molecule has 0 aromatic heterocycles. The van der Waals surface area contributed by atoms with Gasteiger partial charge < -0.3 is 20.6 Å². The Kier molecular flexibility index (Phi) is 5.65. The molecule has 3 aliphatic rings. The standard InChI is InChI=1S/C15H19N5O5S2/c1-6-4-26-13-9(12(22)20(13)10(6)14(23)24-2)18-11(21)8(19-25-3)7-5-27-15(16)17-7/h7,9,13H,4-5H2,1-3H3,(H2,16,17)(H,18,21)/b19-8+. The van der Waals surface area contributed by atoms with Crippen LogP contribution in [0.3, 0.4) is 0 Å². The summed E-state index contributed by atoms with van der Waals surface area (Å²) in [5.74, 6) is -0.458. The zero-order valence-electron chi connectivity index (χ0n) is 14.9. The van der Waals surface area contributed by atoms with Crippen LogP contribution < -0.4 is 11.1 Å². The van der Waals surface area contributed by atoms with Gasteiger partial charge in [0.1, 0.15) is 30.3 Å². The number of rotatable bonds is 5. The second-order valence-electron chi connectivity index (χ2n) is 5.93. The van der Waals surface area contributed by atoms with Crippen molar-refractivity contribution >= 4 is 52.2 Å². The van der Waals surface area contributed by atoms with E-state index < -0.39 is 24.0 Å². The number of amidine groups is 1. The number of β-lactam (4-membered cyclic amide) rings is 1. The second-order valence-corrected chi connectivity index (χ2v) is 8.08. The van der Waals surface area contributed by atoms with Crippen LogP contribution in [0, 0.1) is 0 Å². The lowest BCUT2D eigenvalue weighted by molar-refractivity contribution is -0.151. The number of fused-ring (bicyclic) bond motifs is 1. The molecule has 0 aromatic rings. The molecule has 12 heteroatoms. The molecule has 3 aliphatic heterocycles. The minimum Gasteiger partial charge on any atom is -0.464 e. The van der Waals surface area contributed by atoms with Crippen molar-refractivity contribution in [2.45, 2.75) is 24.4 Å². The fourth-order valence-corrected chi connectivity index (χ4v) is 5.01. The van der Waals surface area contributed by atoms with E-state index in [0.717, 1.165) is 5.57 Å². The summed E-state index contributed by atoms with van der Waals surface area (Å²) in [6.07, 6.45) is 0. The largest absolute Gasteiger partial charge is 0.464 e. The first kappa shape index (κ1) is 19.5. The zero-order valence-corrected chi connectivity index (χ0v) is 16.6. The van der Waals surface area contributed by atoms with Crippen LogP contribution >= 0.6 is 23.5 Å². The van der Waals surface area contributed by atoms with Crippen LogP contribution in [0.15, 0.2) is 21.4 Å². The maximum absolute atomic E-state index is 12.7. The number of aliphatic imine (C=N–C) groups is 1. The van der Waals surface area contributed by atoms with E-state index in [2.05, 4.69) is 15.5 Å². The van der Waals surface area contributed by atoms with E-state index in [1.54, 1.807) is 6.92 Å². The van der Waals surface area contributed by atoms with Crippen molar-refractivity contribution in [3.63, 3.8) is 0 Å². The van der Waals surface area contributed by atoms with Crippen molar-refractivity contribution in [2.24, 2.45) is 15.9 Å². The Bertz CT molecular complexity index is 781. The summed E-state index contributed by atoms with van der Waals surface area (Å²) in [5.41, 5.74) is 6.71. The molecule has 3 unspecified atom stereocenters. The number of hydrogen-bond acceptors (Lipinski definition) is 10. The van der Waals surface area contributed by atoms with Gasteiger partial charge >= 0.3 is 5.97 Å². The smallest absolute Gasteiger partial charge is 0.354 e. The fraction of sp³-hybridized carbons (Fsp3) is 0.533. The number of esters is 1. The number of nitrogens with two attached hydrogens (primary N) is 1. The predicted octanol–water partition coefficient (Wildman–Crippen LogP) is -0.734. The van der Waals surface area contributed by atoms with Gasteiger partial charge in [0.25, 0.3) is 11.8 Å². The van der Waals surface area contributed by atoms with E-state index in [4.69, 9.17) is 15.3 Å². The number of thioether (sulfide) groups is 2. The SMILES string of the molecule is CO/N=C(/C(=O)NC1C(=O)N2C(C(=O)OC)=C(C)CSC12)C1CSC(N)=N1. The normalized spacial score (nSPS) is 27.6. The average Bonchev–Trinajstić information content (AvgIpc) is 3.08. The lowest BCUT2D eigenvalue weighted by Gasteiger charge is -2.49. The molecule has 0 aromatic carbocycles. The van der Waals surface area contributed by atoms with E-state index in [-0.39, 0.29) is 22.7 Å². The lowest BCUT2D eigenvalue weighted by Crippen LogP contribution is -2.71. The van der Waals surface area contributed by atoms with E-state index in [1.807, 2.05) is 0 Å². The van der Waals surface area contributed by atoms with Crippen LogP contribution in [0.4, 0.5) is 0 Å². The molecule has 0 aliphatic carbocycles. The van der Waals surface area contributed by atoms with E-state index >= 15 is 0 Å². The number of oxime groups is 1. The molecule has 0 bridgehead atoms. The molecule has 3 rings (SSSR count). The number of methoxy groups -OCH3 is 1. The van der Waals surface area contributed by atoms with Gasteiger partial charge in [0.2, 0.25) is 0 Å². The van der Waals surface area contributed by atoms with Crippen LogP contribution in [-0.2, 0) is 24.0 Å². The van der Waals surface area contributed by atoms with Gasteiger partial charge in [-0.15, -0.1) is 11.8 Å². The molecule has 1 fully saturated rings. The maximum atomic E-state index is 12.7. The monoisotopic (exact) mass is 413 g/mol. The minimum absolute atomic E-state index is 0.0532. The maximum Gasteiger partial charge on any atom is 0.354 e. The third kappa shape index (κ3) is 3.50. The van der Waals surface area contributed by atoms with Crippen LogP contribution in [0.5, 0.6) is 0 Å². The topological polar surface area (TPSA) is 136 Å². The number of ether oxygens (including phenoxy) is 1. The quantitative estimate of drug-likeness (QED) is 0.260. The number of hydrogen-bond donors (Lipinski definition) is 2. The van der Waals surface area contributed by atoms with Crippen LogP contribution in [-0.4, -0.2) is 76.7 Å². The Morgan fingerprint density at radius 3 is 2.74 bits per heavy atom. The molecule has 3 heterocycles. The Hall–Kier alpha value is -2.21. The Morgan fingerprint density at radius 1 is 1.41 bits per heavy atom. The van der Waals surface area contributed by atoms with Gasteiger partial charge in [-0.05, 0) is 12.5 Å². The average molecular weight is 413 g/mol. The Morgan fingerprint density at radius 2 is 2.15 bits per heavy atom. The van der Waals surface area contributed by atoms with E-state index in [1.165, 1.54) is 42.6 Å². The summed E-state index contributed by atoms with van der Waals surface area (Å²) in [7, 11) is 2.59. The minimum atomic E-state index is -0.771. The van der Waals surface area contributed by atoms with Crippen molar-refractivity contribution in [1.29, 1.82) is 0 Å². The number of nitrogens with zero attached hydrogens (tertiary/aromatic N) is 3. The van der Waals surface area contributed by atoms with Gasteiger partial charge in [-0.1, -0.05) is 16.9 Å². The summed E-state index contributed by atoms with van der Waals surface area (Å²) < 4.78 is 4.77. The summed E-state index contributed by atoms with van der Waals surface area (Å²) >= 11 is 2.78. The van der Waals surface area contributed by atoms with Crippen molar-refractivity contribution in [3.8, 4) is 0 Å². The third-order valence-corrected chi connectivity index (χ3v) is 6.54. The molecular weight excluding hydrogens is 394 g/mol. The Labute approximate surface area is 163 Å². The Balaban J connectivity index is 1.74. The van der Waals surface area contributed by atoms with Gasteiger partial charge in [-0.2, -0.15) is 0 Å². The molecular formula is C15H19N5O5S2. The van der Waals surface area contributed by atoms with Crippen molar-refractivity contribution in [2.75, 3.05) is 25.7 Å². The third-order valence-electron chi connectivity index (χ3n) is 4.23. The zero-order chi connectivity index (χ0) is 19.7. The molecule has 2 amide bonds. The van der Waals surface area contributed by atoms with Gasteiger partial charge in [-0.25, -0.2) is 4.79 Å². The van der Waals surface area contributed by atoms with Gasteiger partial charge in [-0.3, -0.25) is 19.5 Å². The van der Waals surface area contributed by atoms with Gasteiger partial charge in [0, 0.05) is 11.5 Å². The fourth-order valence-electron chi connectivity index (χ4n) is 2.96. The predicted molar refractivity (Wildman–Crippen MR) is 102 cm³/mol. The molecule has 10 nitrogen and oxygen atoms in total. The number of carbonyl (C=O) groups is 3. The first-order valence-corrected chi connectivity index (χ1v) is 10.0.